The van der Waals surface area contributed by atoms with Gasteiger partial charge in [0, 0.05) is 18.3 Å². The van der Waals surface area contributed by atoms with E-state index in [9.17, 15) is 9.59 Å². The van der Waals surface area contributed by atoms with E-state index in [1.54, 1.807) is 26.2 Å². The number of methoxy groups -OCH3 is 1. The summed E-state index contributed by atoms with van der Waals surface area (Å²) in [4.78, 5) is 24.6. The minimum absolute atomic E-state index is 0.209. The number of anilines is 1. The SMILES string of the molecule is COc1cccc(N2CC(C)C(=O)NC2=O)c1. The standard InChI is InChI=1S/C12H14N2O3/c1-8-7-14(12(16)13-11(8)15)9-4-3-5-10(6-9)17-2/h3-6,8H,7H2,1-2H3,(H,13,15,16). The summed E-state index contributed by atoms with van der Waals surface area (Å²) in [6, 6.07) is 6.80. The highest BCUT2D eigenvalue weighted by atomic mass is 16.5. The maximum atomic E-state index is 11.7. The number of nitrogens with zero attached hydrogens (tertiary/aromatic N) is 1. The van der Waals surface area contributed by atoms with Crippen molar-refractivity contribution in [2.24, 2.45) is 5.92 Å². The van der Waals surface area contributed by atoms with Gasteiger partial charge < -0.3 is 4.74 Å². The van der Waals surface area contributed by atoms with Gasteiger partial charge in [0.1, 0.15) is 5.75 Å². The molecule has 1 unspecified atom stereocenters. The number of hydrogen-bond donors (Lipinski definition) is 1. The first-order valence-corrected chi connectivity index (χ1v) is 5.38. The summed E-state index contributed by atoms with van der Waals surface area (Å²) in [6.45, 7) is 2.17. The number of imide groups is 1. The van der Waals surface area contributed by atoms with Crippen molar-refractivity contribution in [1.29, 1.82) is 0 Å². The molecule has 0 aromatic heterocycles. The number of carbonyl (C=O) groups excluding carboxylic acids is 2. The molecular formula is C12H14N2O3. The van der Waals surface area contributed by atoms with Gasteiger partial charge in [-0.3, -0.25) is 15.0 Å². The van der Waals surface area contributed by atoms with Crippen LogP contribution in [0.25, 0.3) is 0 Å². The van der Waals surface area contributed by atoms with Gasteiger partial charge in [-0.1, -0.05) is 13.0 Å². The number of rotatable bonds is 2. The lowest BCUT2D eigenvalue weighted by atomic mass is 10.1. The molecule has 1 atom stereocenters. The van der Waals surface area contributed by atoms with Gasteiger partial charge in [-0.25, -0.2) is 4.79 Å². The van der Waals surface area contributed by atoms with Crippen molar-refractivity contribution in [3.05, 3.63) is 24.3 Å². The van der Waals surface area contributed by atoms with E-state index >= 15 is 0 Å². The zero-order valence-electron chi connectivity index (χ0n) is 9.77. The number of carbonyl (C=O) groups is 2. The minimum Gasteiger partial charge on any atom is -0.497 e. The number of urea groups is 1. The molecule has 1 aromatic rings. The van der Waals surface area contributed by atoms with Crippen molar-refractivity contribution in [2.45, 2.75) is 6.92 Å². The molecule has 1 N–H and O–H groups in total. The number of benzene rings is 1. The van der Waals surface area contributed by atoms with Crippen molar-refractivity contribution in [3.63, 3.8) is 0 Å². The molecule has 1 heterocycles. The van der Waals surface area contributed by atoms with E-state index in [0.717, 1.165) is 5.69 Å². The summed E-state index contributed by atoms with van der Waals surface area (Å²) in [7, 11) is 1.57. The van der Waals surface area contributed by atoms with Crippen LogP contribution >= 0.6 is 0 Å². The van der Waals surface area contributed by atoms with Crippen LogP contribution in [-0.4, -0.2) is 25.6 Å². The highest BCUT2D eigenvalue weighted by molar-refractivity contribution is 6.06. The van der Waals surface area contributed by atoms with Crippen molar-refractivity contribution in [1.82, 2.24) is 5.32 Å². The van der Waals surface area contributed by atoms with E-state index in [1.807, 2.05) is 12.1 Å². The minimum atomic E-state index is -0.388. The molecule has 1 aliphatic heterocycles. The summed E-state index contributed by atoms with van der Waals surface area (Å²) in [5, 5.41) is 2.32. The molecule has 90 valence electrons. The van der Waals surface area contributed by atoms with Crippen LogP contribution in [0.1, 0.15) is 6.92 Å². The van der Waals surface area contributed by atoms with Gasteiger partial charge >= 0.3 is 6.03 Å². The zero-order valence-corrected chi connectivity index (χ0v) is 9.77. The lowest BCUT2D eigenvalue weighted by Gasteiger charge is -2.30. The van der Waals surface area contributed by atoms with Crippen molar-refractivity contribution >= 4 is 17.6 Å². The highest BCUT2D eigenvalue weighted by Gasteiger charge is 2.29. The van der Waals surface area contributed by atoms with E-state index in [4.69, 9.17) is 4.74 Å². The topological polar surface area (TPSA) is 58.6 Å². The normalized spacial score (nSPS) is 20.1. The summed E-state index contributed by atoms with van der Waals surface area (Å²) < 4.78 is 5.10. The lowest BCUT2D eigenvalue weighted by Crippen LogP contribution is -2.53. The fourth-order valence-corrected chi connectivity index (χ4v) is 1.74. The average Bonchev–Trinajstić information content (AvgIpc) is 2.34. The molecule has 1 saturated heterocycles. The summed E-state index contributed by atoms with van der Waals surface area (Å²) >= 11 is 0. The fraction of sp³-hybridized carbons (Fsp3) is 0.333. The van der Waals surface area contributed by atoms with Crippen molar-refractivity contribution < 1.29 is 14.3 Å². The monoisotopic (exact) mass is 234 g/mol. The predicted molar refractivity (Wildman–Crippen MR) is 63.0 cm³/mol. The van der Waals surface area contributed by atoms with Crippen LogP contribution in [0.3, 0.4) is 0 Å². The predicted octanol–water partition coefficient (Wildman–Crippen LogP) is 1.39. The number of amides is 3. The molecular weight excluding hydrogens is 220 g/mol. The molecule has 5 nitrogen and oxygen atoms in total. The number of hydrogen-bond acceptors (Lipinski definition) is 3. The third kappa shape index (κ3) is 2.22. The van der Waals surface area contributed by atoms with Gasteiger partial charge in [-0.2, -0.15) is 0 Å². The number of nitrogens with one attached hydrogen (secondary N) is 1. The third-order valence-corrected chi connectivity index (χ3v) is 2.74. The van der Waals surface area contributed by atoms with E-state index < -0.39 is 0 Å². The molecule has 0 bridgehead atoms. The van der Waals surface area contributed by atoms with Gasteiger partial charge in [-0.15, -0.1) is 0 Å². The maximum absolute atomic E-state index is 11.7. The van der Waals surface area contributed by atoms with E-state index in [2.05, 4.69) is 5.32 Å². The smallest absolute Gasteiger partial charge is 0.328 e. The summed E-state index contributed by atoms with van der Waals surface area (Å²) in [6.07, 6.45) is 0. The second-order valence-corrected chi connectivity index (χ2v) is 4.01. The Bertz CT molecular complexity index is 459. The third-order valence-electron chi connectivity index (χ3n) is 2.74. The van der Waals surface area contributed by atoms with E-state index in [1.165, 1.54) is 4.90 Å². The van der Waals surface area contributed by atoms with Crippen LogP contribution in [0.5, 0.6) is 5.75 Å². The van der Waals surface area contributed by atoms with Gasteiger partial charge in [0.2, 0.25) is 5.91 Å². The Hall–Kier alpha value is -2.04. The molecule has 5 heteroatoms. The number of ether oxygens (including phenoxy) is 1. The maximum Gasteiger partial charge on any atom is 0.328 e. The average molecular weight is 234 g/mol. The summed E-state index contributed by atoms with van der Waals surface area (Å²) in [5.41, 5.74) is 0.723. The van der Waals surface area contributed by atoms with Crippen LogP contribution in [0.4, 0.5) is 10.5 Å². The van der Waals surface area contributed by atoms with Crippen LogP contribution < -0.4 is 15.0 Å². The highest BCUT2D eigenvalue weighted by Crippen LogP contribution is 2.23. The molecule has 3 amide bonds. The van der Waals surface area contributed by atoms with Crippen LogP contribution in [-0.2, 0) is 4.79 Å². The Labute approximate surface area is 99.4 Å². The Morgan fingerprint density at radius 3 is 2.88 bits per heavy atom. The second-order valence-electron chi connectivity index (χ2n) is 4.01. The first-order chi connectivity index (χ1) is 8.11. The van der Waals surface area contributed by atoms with Gasteiger partial charge in [0.05, 0.1) is 13.0 Å². The molecule has 17 heavy (non-hydrogen) atoms. The molecule has 1 aromatic carbocycles. The largest absolute Gasteiger partial charge is 0.497 e. The molecule has 1 aliphatic rings. The molecule has 0 spiro atoms. The van der Waals surface area contributed by atoms with E-state index in [0.29, 0.717) is 12.3 Å². The zero-order chi connectivity index (χ0) is 12.4. The van der Waals surface area contributed by atoms with Gasteiger partial charge in [0.25, 0.3) is 0 Å². The van der Waals surface area contributed by atoms with Gasteiger partial charge in [0.15, 0.2) is 0 Å². The van der Waals surface area contributed by atoms with Crippen LogP contribution in [0.15, 0.2) is 24.3 Å². The van der Waals surface area contributed by atoms with E-state index in [-0.39, 0.29) is 17.9 Å². The quantitative estimate of drug-likeness (QED) is 0.841. The van der Waals surface area contributed by atoms with Gasteiger partial charge in [-0.05, 0) is 12.1 Å². The fourth-order valence-electron chi connectivity index (χ4n) is 1.74. The molecule has 1 fully saturated rings. The van der Waals surface area contributed by atoms with Crippen molar-refractivity contribution in [3.8, 4) is 5.75 Å². The first-order valence-electron chi connectivity index (χ1n) is 5.38. The van der Waals surface area contributed by atoms with Crippen LogP contribution in [0, 0.1) is 5.92 Å². The first kappa shape index (κ1) is 11.4. The molecule has 0 radical (unpaired) electrons. The Balaban J connectivity index is 2.26. The van der Waals surface area contributed by atoms with Crippen LogP contribution in [0.2, 0.25) is 0 Å². The Morgan fingerprint density at radius 1 is 1.41 bits per heavy atom. The van der Waals surface area contributed by atoms with Crippen molar-refractivity contribution in [2.75, 3.05) is 18.6 Å². The molecule has 0 aliphatic carbocycles. The second kappa shape index (κ2) is 4.45. The Kier molecular flexibility index (Phi) is 2.99. The molecule has 2 rings (SSSR count). The Morgan fingerprint density at radius 2 is 2.18 bits per heavy atom. The summed E-state index contributed by atoms with van der Waals surface area (Å²) in [5.74, 6) is 0.243. The molecule has 0 saturated carbocycles. The lowest BCUT2D eigenvalue weighted by molar-refractivity contribution is -0.123.